The Morgan fingerprint density at radius 1 is 0.479 bits per heavy atom. The number of rotatable bonds is 15. The van der Waals surface area contributed by atoms with Gasteiger partial charge in [-0.2, -0.15) is 0 Å². The molecule has 0 aromatic heterocycles. The first kappa shape index (κ1) is 48.5. The molecule has 0 aromatic rings. The summed E-state index contributed by atoms with van der Waals surface area (Å²) in [5, 5.41) is 0. The standard InChI is InChI=1S/C14H28O2Si.C9H20O2Si.C7H18O2Si.C6H16O2Si/c1-15-17(16-2,13-9-5-3-6-10-13)14-11-7-4-8-12-14;1-10-12(3,11-2)9-7-5-4-6-8-9;1-7(2)6-10(5,8-3)9-4;1-6(2)5-9(7-3)8-4/h13-14H,3-12H2,1-2H3;9H,4-8H2,1-3H3;7H,6H2,1-5H3;6,9H,5H2,1-4H3. The molecule has 0 radical (unpaired) electrons. The highest BCUT2D eigenvalue weighted by molar-refractivity contribution is 6.70. The molecule has 0 saturated heterocycles. The summed E-state index contributed by atoms with van der Waals surface area (Å²) in [7, 11) is 7.59. The summed E-state index contributed by atoms with van der Waals surface area (Å²) < 4.78 is 44.1. The zero-order valence-electron chi connectivity index (χ0n) is 34.3. The molecule has 3 rings (SSSR count). The third-order valence-corrected chi connectivity index (χ3v) is 25.0. The molecule has 3 aliphatic rings. The van der Waals surface area contributed by atoms with Crippen LogP contribution in [0.5, 0.6) is 0 Å². The van der Waals surface area contributed by atoms with Gasteiger partial charge < -0.3 is 35.4 Å². The monoisotopic (exact) mass is 755 g/mol. The molecule has 48 heavy (non-hydrogen) atoms. The van der Waals surface area contributed by atoms with Crippen LogP contribution in [0.1, 0.15) is 124 Å². The van der Waals surface area contributed by atoms with Crippen LogP contribution in [-0.2, 0) is 35.4 Å². The molecule has 8 nitrogen and oxygen atoms in total. The van der Waals surface area contributed by atoms with E-state index in [-0.39, 0.29) is 0 Å². The first-order valence-corrected chi connectivity index (χ1v) is 27.8. The van der Waals surface area contributed by atoms with E-state index in [0.717, 1.165) is 28.7 Å². The van der Waals surface area contributed by atoms with Gasteiger partial charge in [0.2, 0.25) is 0 Å². The summed E-state index contributed by atoms with van der Waals surface area (Å²) in [4.78, 5) is 0. The molecule has 0 aromatic carbocycles. The predicted molar refractivity (Wildman–Crippen MR) is 212 cm³/mol. The second kappa shape index (κ2) is 27.2. The van der Waals surface area contributed by atoms with Crippen molar-refractivity contribution in [3.05, 3.63) is 0 Å². The fraction of sp³-hybridized carbons (Fsp3) is 1.00. The minimum absolute atomic E-state index is 0.663. The van der Waals surface area contributed by atoms with Crippen LogP contribution in [0.15, 0.2) is 0 Å². The van der Waals surface area contributed by atoms with Crippen molar-refractivity contribution in [3.63, 3.8) is 0 Å². The molecule has 3 aliphatic carbocycles. The van der Waals surface area contributed by atoms with Crippen molar-refractivity contribution in [1.29, 1.82) is 0 Å². The molecular weight excluding hydrogens is 673 g/mol. The summed E-state index contributed by atoms with van der Waals surface area (Å²) >= 11 is 0. The molecule has 0 atom stereocenters. The fourth-order valence-corrected chi connectivity index (χ4v) is 18.0. The van der Waals surface area contributed by atoms with Gasteiger partial charge in [-0.15, -0.1) is 0 Å². The fourth-order valence-electron chi connectivity index (χ4n) is 7.80. The van der Waals surface area contributed by atoms with E-state index in [4.69, 9.17) is 35.4 Å². The number of hydrogen-bond acceptors (Lipinski definition) is 8. The highest BCUT2D eigenvalue weighted by atomic mass is 28.4. The first-order chi connectivity index (χ1) is 22.8. The van der Waals surface area contributed by atoms with E-state index in [1.54, 1.807) is 42.7 Å². The van der Waals surface area contributed by atoms with E-state index < -0.39 is 35.0 Å². The summed E-state index contributed by atoms with van der Waals surface area (Å²) in [6.45, 7) is 13.0. The largest absolute Gasteiger partial charge is 0.400 e. The maximum absolute atomic E-state index is 6.08. The van der Waals surface area contributed by atoms with Crippen LogP contribution in [0.2, 0.25) is 41.8 Å². The van der Waals surface area contributed by atoms with Crippen LogP contribution in [-0.4, -0.2) is 91.8 Å². The highest BCUT2D eigenvalue weighted by Crippen LogP contribution is 2.48. The Balaban J connectivity index is 0.000000637. The molecular formula is C36H82O8Si4. The second-order valence-electron chi connectivity index (χ2n) is 15.2. The zero-order valence-corrected chi connectivity index (χ0v) is 38.4. The van der Waals surface area contributed by atoms with Crippen LogP contribution >= 0.6 is 0 Å². The molecule has 3 fully saturated rings. The van der Waals surface area contributed by atoms with Gasteiger partial charge in [0.15, 0.2) is 0 Å². The third-order valence-electron chi connectivity index (χ3n) is 11.0. The molecule has 3 saturated carbocycles. The van der Waals surface area contributed by atoms with Crippen LogP contribution in [0.4, 0.5) is 0 Å². The van der Waals surface area contributed by atoms with E-state index in [9.17, 15) is 0 Å². The number of hydrogen-bond donors (Lipinski definition) is 0. The second-order valence-corrected chi connectivity index (χ2v) is 28.6. The van der Waals surface area contributed by atoms with Gasteiger partial charge in [0.1, 0.15) is 0 Å². The van der Waals surface area contributed by atoms with Gasteiger partial charge in [-0.25, -0.2) is 0 Å². The molecule has 0 spiro atoms. The molecule has 0 unspecified atom stereocenters. The lowest BCUT2D eigenvalue weighted by atomic mass is 9.99. The topological polar surface area (TPSA) is 73.8 Å². The maximum atomic E-state index is 6.08. The van der Waals surface area contributed by atoms with E-state index >= 15 is 0 Å². The SMILES string of the molecule is CO[SiH](CC(C)C)OC.CO[Si](C)(CC(C)C)OC.CO[Si](C)(OC)C1CCCCC1.CO[Si](OC)(C1CCCCC1)C1CCCCC1. The summed E-state index contributed by atoms with van der Waals surface area (Å²) in [5.74, 6) is 1.36. The van der Waals surface area contributed by atoms with Crippen LogP contribution in [0, 0.1) is 11.8 Å². The first-order valence-electron chi connectivity index (χ1n) is 19.2. The minimum Gasteiger partial charge on any atom is -0.400 e. The molecule has 12 heteroatoms. The smallest absolute Gasteiger partial charge is 0.344 e. The Labute approximate surface area is 304 Å². The van der Waals surface area contributed by atoms with Gasteiger partial charge in [-0.1, -0.05) is 85.5 Å². The van der Waals surface area contributed by atoms with E-state index in [1.807, 2.05) is 14.2 Å². The average molecular weight is 755 g/mol. The third kappa shape index (κ3) is 17.9. The normalized spacial score (nSPS) is 18.9. The minimum atomic E-state index is -1.94. The lowest BCUT2D eigenvalue weighted by molar-refractivity contribution is 0.193. The predicted octanol–water partition coefficient (Wildman–Crippen LogP) is 10.2. The molecule has 0 N–H and O–H groups in total. The Hall–Kier alpha value is 0.548. The van der Waals surface area contributed by atoms with Gasteiger partial charge in [-0.05, 0) is 75.5 Å². The molecule has 0 amide bonds. The Kier molecular flexibility index (Phi) is 27.5. The van der Waals surface area contributed by atoms with Crippen molar-refractivity contribution >= 4 is 35.0 Å². The summed E-state index contributed by atoms with van der Waals surface area (Å²) in [6, 6.07) is 2.17. The van der Waals surface area contributed by atoms with E-state index in [0.29, 0.717) is 11.8 Å². The van der Waals surface area contributed by atoms with Crippen LogP contribution < -0.4 is 0 Å². The van der Waals surface area contributed by atoms with Crippen molar-refractivity contribution in [1.82, 2.24) is 0 Å². The summed E-state index contributed by atoms with van der Waals surface area (Å²) in [5.41, 5.74) is 2.24. The van der Waals surface area contributed by atoms with Gasteiger partial charge >= 0.3 is 35.0 Å². The average Bonchev–Trinajstić information content (AvgIpc) is 3.12. The van der Waals surface area contributed by atoms with Crippen LogP contribution in [0.3, 0.4) is 0 Å². The highest BCUT2D eigenvalue weighted by Gasteiger charge is 2.51. The van der Waals surface area contributed by atoms with E-state index in [1.165, 1.54) is 96.3 Å². The molecule has 0 heterocycles. The van der Waals surface area contributed by atoms with E-state index in [2.05, 4.69) is 40.8 Å². The van der Waals surface area contributed by atoms with Crippen LogP contribution in [0.25, 0.3) is 0 Å². The quantitative estimate of drug-likeness (QED) is 0.153. The zero-order chi connectivity index (χ0) is 36.6. The van der Waals surface area contributed by atoms with Gasteiger partial charge in [0, 0.05) is 73.5 Å². The Morgan fingerprint density at radius 3 is 1.04 bits per heavy atom. The maximum Gasteiger partial charge on any atom is 0.344 e. The van der Waals surface area contributed by atoms with Gasteiger partial charge in [-0.3, -0.25) is 0 Å². The Bertz CT molecular complexity index is 710. The van der Waals surface area contributed by atoms with Crippen molar-refractivity contribution in [2.24, 2.45) is 11.8 Å². The van der Waals surface area contributed by atoms with Crippen molar-refractivity contribution in [2.45, 2.75) is 166 Å². The molecule has 0 bridgehead atoms. The van der Waals surface area contributed by atoms with Crippen molar-refractivity contribution in [3.8, 4) is 0 Å². The van der Waals surface area contributed by atoms with Crippen molar-refractivity contribution in [2.75, 3.05) is 56.9 Å². The molecule has 0 aliphatic heterocycles. The lowest BCUT2D eigenvalue weighted by Crippen LogP contribution is -2.50. The van der Waals surface area contributed by atoms with Crippen molar-refractivity contribution < 1.29 is 35.4 Å². The summed E-state index contributed by atoms with van der Waals surface area (Å²) in [6.07, 6.45) is 20.5. The van der Waals surface area contributed by atoms with Gasteiger partial charge in [0.25, 0.3) is 0 Å². The van der Waals surface area contributed by atoms with Gasteiger partial charge in [0.05, 0.1) is 0 Å². The lowest BCUT2D eigenvalue weighted by Gasteiger charge is -2.43. The molecule has 290 valence electrons. The Morgan fingerprint density at radius 2 is 0.833 bits per heavy atom.